The number of hydrogen-bond donors (Lipinski definition) is 3. The number of allylic oxidation sites excluding steroid dienone is 6. The van der Waals surface area contributed by atoms with Crippen molar-refractivity contribution in [3.8, 4) is 0 Å². The van der Waals surface area contributed by atoms with Crippen molar-refractivity contribution in [2.75, 3.05) is 13.2 Å². The van der Waals surface area contributed by atoms with Gasteiger partial charge < -0.3 is 34.3 Å². The van der Waals surface area contributed by atoms with Crippen molar-refractivity contribution in [1.82, 2.24) is 0 Å². The molecule has 0 aromatic carbocycles. The van der Waals surface area contributed by atoms with Crippen molar-refractivity contribution in [3.05, 3.63) is 72.4 Å². The first-order valence-electron chi connectivity index (χ1n) is 15.7. The molecule has 9 atom stereocenters. The second-order valence-corrected chi connectivity index (χ2v) is 12.1. The third-order valence-electron chi connectivity index (χ3n) is 8.58. The van der Waals surface area contributed by atoms with E-state index in [1.165, 1.54) is 6.08 Å². The van der Waals surface area contributed by atoms with Crippen LogP contribution in [0.25, 0.3) is 0 Å². The molecule has 9 heteroatoms. The molecule has 0 saturated carbocycles. The molecular formula is C35H50O9. The summed E-state index contributed by atoms with van der Waals surface area (Å²) >= 11 is 0. The smallest absolute Gasteiger partial charge is 0.335 e. The fraction of sp³-hybridized carbons (Fsp3) is 0.600. The maximum atomic E-state index is 12.9. The number of rotatable bonds is 7. The zero-order chi connectivity index (χ0) is 32.1. The number of ether oxygens (including phenoxy) is 4. The van der Waals surface area contributed by atoms with E-state index >= 15 is 0 Å². The third kappa shape index (κ3) is 10.4. The average molecular weight is 615 g/mol. The van der Waals surface area contributed by atoms with Gasteiger partial charge in [0.05, 0.1) is 49.1 Å². The summed E-state index contributed by atoms with van der Waals surface area (Å²) in [4.78, 5) is 24.6. The van der Waals surface area contributed by atoms with Crippen molar-refractivity contribution in [2.45, 2.75) is 109 Å². The standard InChI is InChI=1S/C35H50O9/c1-5-41-34(40)28(37)17-12-13-18-31-35(4,23-36)32-22-27(43-31)16-9-6-8-14-24(2)20-30-25(3)29(38)21-26(42-30)15-10-7-11-19-33(39)44-32/h7-14,16,19-20,25-32,36-38H,5-6,15,17-18,21-23H2,1-4H3/b10-7+,13-12-,14-8+,16-9+,19-11+,24-20-/t25?,26-,27?,28?,29-,30+,31?,32+,35-/m0/s1. The molecule has 0 aliphatic carbocycles. The van der Waals surface area contributed by atoms with Crippen LogP contribution >= 0.6 is 0 Å². The number of hydrogen-bond acceptors (Lipinski definition) is 9. The summed E-state index contributed by atoms with van der Waals surface area (Å²) in [5.74, 6) is -1.21. The normalized spacial score (nSPS) is 38.4. The molecule has 9 nitrogen and oxygen atoms in total. The average Bonchev–Trinajstić information content (AvgIpc) is 2.98. The summed E-state index contributed by atoms with van der Waals surface area (Å²) in [5, 5.41) is 31.1. The second kappa shape index (κ2) is 17.6. The van der Waals surface area contributed by atoms with E-state index in [-0.39, 0.29) is 43.9 Å². The Kier molecular flexibility index (Phi) is 14.3. The Labute approximate surface area is 261 Å². The molecule has 3 rings (SSSR count). The fourth-order valence-corrected chi connectivity index (χ4v) is 5.67. The zero-order valence-electron chi connectivity index (χ0n) is 26.4. The zero-order valence-corrected chi connectivity index (χ0v) is 26.4. The van der Waals surface area contributed by atoms with Crippen LogP contribution in [0.3, 0.4) is 0 Å². The fourth-order valence-electron chi connectivity index (χ4n) is 5.67. The Morgan fingerprint density at radius 2 is 1.95 bits per heavy atom. The summed E-state index contributed by atoms with van der Waals surface area (Å²) in [5.41, 5.74) is 0.162. The number of carbonyl (C=O) groups is 2. The van der Waals surface area contributed by atoms with Crippen LogP contribution in [0.1, 0.15) is 66.2 Å². The predicted molar refractivity (Wildman–Crippen MR) is 167 cm³/mol. The molecule has 0 aromatic heterocycles. The van der Waals surface area contributed by atoms with Crippen molar-refractivity contribution in [2.24, 2.45) is 11.3 Å². The molecule has 244 valence electrons. The van der Waals surface area contributed by atoms with Crippen LogP contribution in [0.2, 0.25) is 0 Å². The second-order valence-electron chi connectivity index (χ2n) is 12.1. The maximum Gasteiger partial charge on any atom is 0.335 e. The van der Waals surface area contributed by atoms with Gasteiger partial charge in [-0.1, -0.05) is 80.2 Å². The molecule has 44 heavy (non-hydrogen) atoms. The molecule has 0 aromatic rings. The molecule has 4 unspecified atom stereocenters. The number of carbonyl (C=O) groups excluding carboxylic acids is 2. The van der Waals surface area contributed by atoms with Crippen molar-refractivity contribution in [1.29, 1.82) is 0 Å². The molecule has 4 bridgehead atoms. The Balaban J connectivity index is 1.80. The molecule has 3 aliphatic rings. The highest BCUT2D eigenvalue weighted by Crippen LogP contribution is 2.41. The van der Waals surface area contributed by atoms with Gasteiger partial charge in [-0.2, -0.15) is 0 Å². The lowest BCUT2D eigenvalue weighted by molar-refractivity contribution is -0.198. The van der Waals surface area contributed by atoms with Gasteiger partial charge in [-0.05, 0) is 33.1 Å². The maximum absolute atomic E-state index is 12.9. The van der Waals surface area contributed by atoms with Gasteiger partial charge in [-0.25, -0.2) is 9.59 Å². The van der Waals surface area contributed by atoms with E-state index in [2.05, 4.69) is 6.08 Å². The first-order chi connectivity index (χ1) is 21.1. The highest BCUT2D eigenvalue weighted by molar-refractivity contribution is 5.82. The Hall–Kier alpha value is -2.82. The molecule has 3 aliphatic heterocycles. The largest absolute Gasteiger partial charge is 0.464 e. The molecule has 3 N–H and O–H groups in total. The Morgan fingerprint density at radius 3 is 2.70 bits per heavy atom. The third-order valence-corrected chi connectivity index (χ3v) is 8.58. The topological polar surface area (TPSA) is 132 Å². The van der Waals surface area contributed by atoms with Gasteiger partial charge in [0, 0.05) is 31.3 Å². The Bertz CT molecular complexity index is 1120. The number of aliphatic hydroxyl groups is 3. The summed E-state index contributed by atoms with van der Waals surface area (Å²) < 4.78 is 23.4. The first kappa shape index (κ1) is 35.7. The number of aliphatic hydroxyl groups excluding tert-OH is 3. The highest BCUT2D eigenvalue weighted by atomic mass is 16.6. The van der Waals surface area contributed by atoms with Gasteiger partial charge in [0.15, 0.2) is 6.10 Å². The van der Waals surface area contributed by atoms with Crippen molar-refractivity contribution in [3.63, 3.8) is 0 Å². The van der Waals surface area contributed by atoms with Crippen molar-refractivity contribution < 1.29 is 43.9 Å². The molecule has 2 fully saturated rings. The van der Waals surface area contributed by atoms with Gasteiger partial charge in [-0.3, -0.25) is 0 Å². The van der Waals surface area contributed by atoms with E-state index in [0.29, 0.717) is 32.1 Å². The van der Waals surface area contributed by atoms with Crippen LogP contribution in [-0.2, 0) is 28.5 Å². The van der Waals surface area contributed by atoms with Gasteiger partial charge in [0.25, 0.3) is 0 Å². The van der Waals surface area contributed by atoms with Crippen LogP contribution < -0.4 is 0 Å². The summed E-state index contributed by atoms with van der Waals surface area (Å²) in [7, 11) is 0. The van der Waals surface area contributed by atoms with E-state index < -0.39 is 41.8 Å². The van der Waals surface area contributed by atoms with E-state index in [0.717, 1.165) is 5.57 Å². The SMILES string of the molecule is CCOC(=O)C(O)C/C=C\CC1OC2/C=C/C/C=C/C(C)=C\[C@H]3O[C@@H](C/C=C/C=C/C(=O)O[C@H](C2)[C@@]1(C)CO)C[C@H](O)C3C. The first-order valence-corrected chi connectivity index (χ1v) is 15.7. The molecular weight excluding hydrogens is 564 g/mol. The summed E-state index contributed by atoms with van der Waals surface area (Å²) in [6.45, 7) is 7.46. The van der Waals surface area contributed by atoms with Gasteiger partial charge in [-0.15, -0.1) is 0 Å². The van der Waals surface area contributed by atoms with E-state index in [1.807, 2.05) is 51.2 Å². The van der Waals surface area contributed by atoms with Crippen LogP contribution in [0.5, 0.6) is 0 Å². The lowest BCUT2D eigenvalue weighted by Crippen LogP contribution is -2.55. The quantitative estimate of drug-likeness (QED) is 0.281. The van der Waals surface area contributed by atoms with Crippen molar-refractivity contribution >= 4 is 11.9 Å². The highest BCUT2D eigenvalue weighted by Gasteiger charge is 2.49. The van der Waals surface area contributed by atoms with Crippen LogP contribution in [0, 0.1) is 11.3 Å². The van der Waals surface area contributed by atoms with E-state index in [1.54, 1.807) is 31.2 Å². The molecule has 0 radical (unpaired) electrons. The molecule has 0 spiro atoms. The monoisotopic (exact) mass is 614 g/mol. The van der Waals surface area contributed by atoms with Crippen LogP contribution in [0.4, 0.5) is 0 Å². The van der Waals surface area contributed by atoms with E-state index in [9.17, 15) is 24.9 Å². The minimum Gasteiger partial charge on any atom is -0.464 e. The van der Waals surface area contributed by atoms with Gasteiger partial charge in [0.1, 0.15) is 6.10 Å². The van der Waals surface area contributed by atoms with Crippen LogP contribution in [-0.4, -0.2) is 83.2 Å². The Morgan fingerprint density at radius 1 is 1.16 bits per heavy atom. The minimum atomic E-state index is -1.25. The number of esters is 2. The molecule has 2 saturated heterocycles. The van der Waals surface area contributed by atoms with Gasteiger partial charge in [0.2, 0.25) is 0 Å². The lowest BCUT2D eigenvalue weighted by Gasteiger charge is -2.47. The predicted octanol–water partition coefficient (Wildman–Crippen LogP) is 4.43. The molecule has 3 heterocycles. The number of fused-ring (bicyclic) bond motifs is 4. The van der Waals surface area contributed by atoms with Gasteiger partial charge >= 0.3 is 11.9 Å². The van der Waals surface area contributed by atoms with Crippen LogP contribution in [0.15, 0.2) is 72.4 Å². The lowest BCUT2D eigenvalue weighted by atomic mass is 9.73. The molecule has 0 amide bonds. The van der Waals surface area contributed by atoms with E-state index in [4.69, 9.17) is 18.9 Å². The summed E-state index contributed by atoms with van der Waals surface area (Å²) in [6.07, 6.45) is 19.4. The minimum absolute atomic E-state index is 0.0163. The summed E-state index contributed by atoms with van der Waals surface area (Å²) in [6, 6.07) is 0.